The third kappa shape index (κ3) is 3.96. The van der Waals surface area contributed by atoms with Gasteiger partial charge in [-0.25, -0.2) is 0 Å². The number of nitrogens with zero attached hydrogens (tertiary/aromatic N) is 1. The molecule has 0 saturated carbocycles. The standard InChI is InChI=1S/C15H19BrClNO2/c1-10-8-18(9-11(2)20-10)15(19)13(16)7-12-5-3-4-6-14(12)17/h3-6,10-11,13H,7-9H2,1-2H3. The van der Waals surface area contributed by atoms with Gasteiger partial charge in [0.25, 0.3) is 0 Å². The summed E-state index contributed by atoms with van der Waals surface area (Å²) in [7, 11) is 0. The van der Waals surface area contributed by atoms with Crippen molar-refractivity contribution >= 4 is 33.4 Å². The van der Waals surface area contributed by atoms with Crippen LogP contribution in [0.3, 0.4) is 0 Å². The smallest absolute Gasteiger partial charge is 0.236 e. The van der Waals surface area contributed by atoms with Crippen molar-refractivity contribution < 1.29 is 9.53 Å². The van der Waals surface area contributed by atoms with Crippen molar-refractivity contribution in [2.75, 3.05) is 13.1 Å². The molecule has 0 N–H and O–H groups in total. The summed E-state index contributed by atoms with van der Waals surface area (Å²) < 4.78 is 5.65. The molecule has 20 heavy (non-hydrogen) atoms. The van der Waals surface area contributed by atoms with Gasteiger partial charge in [-0.05, 0) is 31.9 Å². The van der Waals surface area contributed by atoms with Gasteiger partial charge in [0.05, 0.1) is 17.0 Å². The lowest BCUT2D eigenvalue weighted by Crippen LogP contribution is -2.50. The molecule has 0 aromatic heterocycles. The fourth-order valence-corrected chi connectivity index (χ4v) is 3.35. The highest BCUT2D eigenvalue weighted by Crippen LogP contribution is 2.21. The number of alkyl halides is 1. The highest BCUT2D eigenvalue weighted by molar-refractivity contribution is 9.10. The Kier molecular flexibility index (Phi) is 5.47. The van der Waals surface area contributed by atoms with E-state index in [4.69, 9.17) is 16.3 Å². The summed E-state index contributed by atoms with van der Waals surface area (Å²) in [6.45, 7) is 5.28. The van der Waals surface area contributed by atoms with Gasteiger partial charge in [-0.1, -0.05) is 45.7 Å². The van der Waals surface area contributed by atoms with E-state index in [0.29, 0.717) is 24.5 Å². The molecule has 110 valence electrons. The summed E-state index contributed by atoms with van der Waals surface area (Å²) in [6, 6.07) is 7.63. The van der Waals surface area contributed by atoms with Gasteiger partial charge in [-0.3, -0.25) is 4.79 Å². The minimum Gasteiger partial charge on any atom is -0.372 e. The topological polar surface area (TPSA) is 29.5 Å². The van der Waals surface area contributed by atoms with E-state index in [0.717, 1.165) is 5.56 Å². The lowest BCUT2D eigenvalue weighted by atomic mass is 10.1. The van der Waals surface area contributed by atoms with Crippen molar-refractivity contribution in [1.82, 2.24) is 4.90 Å². The van der Waals surface area contributed by atoms with Crippen LogP contribution in [0.2, 0.25) is 5.02 Å². The molecule has 1 aliphatic rings. The van der Waals surface area contributed by atoms with Gasteiger partial charge in [0.15, 0.2) is 0 Å². The summed E-state index contributed by atoms with van der Waals surface area (Å²) in [6.07, 6.45) is 0.768. The predicted molar refractivity (Wildman–Crippen MR) is 84.5 cm³/mol. The zero-order chi connectivity index (χ0) is 14.7. The Morgan fingerprint density at radius 3 is 2.60 bits per heavy atom. The number of benzene rings is 1. The number of carbonyl (C=O) groups is 1. The molecule has 2 rings (SSSR count). The van der Waals surface area contributed by atoms with Gasteiger partial charge in [-0.15, -0.1) is 0 Å². The molecule has 1 aromatic rings. The highest BCUT2D eigenvalue weighted by atomic mass is 79.9. The molecule has 0 radical (unpaired) electrons. The summed E-state index contributed by atoms with van der Waals surface area (Å²) >= 11 is 9.64. The van der Waals surface area contributed by atoms with Crippen LogP contribution in [0.1, 0.15) is 19.4 Å². The highest BCUT2D eigenvalue weighted by Gasteiger charge is 2.29. The number of ether oxygens (including phenoxy) is 1. The van der Waals surface area contributed by atoms with Crippen molar-refractivity contribution in [2.24, 2.45) is 0 Å². The van der Waals surface area contributed by atoms with Crippen LogP contribution in [-0.2, 0) is 16.0 Å². The molecule has 3 atom stereocenters. The lowest BCUT2D eigenvalue weighted by molar-refractivity contribution is -0.142. The molecule has 0 spiro atoms. The average Bonchev–Trinajstić information content (AvgIpc) is 2.39. The van der Waals surface area contributed by atoms with Crippen LogP contribution in [0, 0.1) is 0 Å². The van der Waals surface area contributed by atoms with Crippen molar-refractivity contribution in [1.29, 1.82) is 0 Å². The van der Waals surface area contributed by atoms with Crippen molar-refractivity contribution in [3.8, 4) is 0 Å². The van der Waals surface area contributed by atoms with E-state index in [-0.39, 0.29) is 22.9 Å². The molecule has 0 bridgehead atoms. The number of halogens is 2. The minimum atomic E-state index is -0.250. The summed E-state index contributed by atoms with van der Waals surface area (Å²) in [5.74, 6) is 0.104. The largest absolute Gasteiger partial charge is 0.372 e. The van der Waals surface area contributed by atoms with Gasteiger partial charge in [0.1, 0.15) is 0 Å². The predicted octanol–water partition coefficient (Wildman–Crippen LogP) is 3.28. The molecule has 1 aromatic carbocycles. The van der Waals surface area contributed by atoms with Gasteiger partial charge < -0.3 is 9.64 Å². The third-order valence-corrected chi connectivity index (χ3v) is 4.44. The Hall–Kier alpha value is -0.580. The van der Waals surface area contributed by atoms with Crippen LogP contribution in [0.5, 0.6) is 0 Å². The van der Waals surface area contributed by atoms with Gasteiger partial charge in [0.2, 0.25) is 5.91 Å². The molecule has 1 amide bonds. The van der Waals surface area contributed by atoms with Crippen LogP contribution in [-0.4, -0.2) is 40.9 Å². The number of carbonyl (C=O) groups excluding carboxylic acids is 1. The molecular formula is C15H19BrClNO2. The normalized spacial score (nSPS) is 24.5. The van der Waals surface area contributed by atoms with Crippen LogP contribution in [0.15, 0.2) is 24.3 Å². The maximum Gasteiger partial charge on any atom is 0.236 e. The van der Waals surface area contributed by atoms with E-state index in [1.807, 2.05) is 43.0 Å². The number of hydrogen-bond donors (Lipinski definition) is 0. The zero-order valence-electron chi connectivity index (χ0n) is 11.7. The van der Waals surface area contributed by atoms with E-state index >= 15 is 0 Å². The maximum absolute atomic E-state index is 12.5. The first-order valence-corrected chi connectivity index (χ1v) is 8.08. The molecular weight excluding hydrogens is 342 g/mol. The molecule has 3 unspecified atom stereocenters. The average molecular weight is 361 g/mol. The maximum atomic E-state index is 12.5. The van der Waals surface area contributed by atoms with Crippen LogP contribution < -0.4 is 0 Å². The minimum absolute atomic E-state index is 0.0858. The van der Waals surface area contributed by atoms with E-state index < -0.39 is 0 Å². The summed E-state index contributed by atoms with van der Waals surface area (Å²) in [5, 5.41) is 0.702. The van der Waals surface area contributed by atoms with Gasteiger partial charge in [0, 0.05) is 18.1 Å². The molecule has 1 saturated heterocycles. The molecule has 1 aliphatic heterocycles. The van der Waals surface area contributed by atoms with Crippen molar-refractivity contribution in [2.45, 2.75) is 37.3 Å². The van der Waals surface area contributed by atoms with Gasteiger partial charge >= 0.3 is 0 Å². The third-order valence-electron chi connectivity index (χ3n) is 3.36. The van der Waals surface area contributed by atoms with Crippen molar-refractivity contribution in [3.05, 3.63) is 34.9 Å². The number of morpholine rings is 1. The quantitative estimate of drug-likeness (QED) is 0.774. The summed E-state index contributed by atoms with van der Waals surface area (Å²) in [4.78, 5) is 14.1. The van der Waals surface area contributed by atoms with Crippen molar-refractivity contribution in [3.63, 3.8) is 0 Å². The molecule has 0 aliphatic carbocycles. The number of amides is 1. The van der Waals surface area contributed by atoms with E-state index in [9.17, 15) is 4.79 Å². The first-order chi connectivity index (χ1) is 9.47. The molecule has 1 fully saturated rings. The second-order valence-corrected chi connectivity index (χ2v) is 6.78. The Balaban J connectivity index is 2.00. The fourth-order valence-electron chi connectivity index (χ4n) is 2.50. The Bertz CT molecular complexity index is 473. The lowest BCUT2D eigenvalue weighted by Gasteiger charge is -2.36. The van der Waals surface area contributed by atoms with E-state index in [1.54, 1.807) is 0 Å². The second kappa shape index (κ2) is 6.92. The van der Waals surface area contributed by atoms with Crippen LogP contribution in [0.25, 0.3) is 0 Å². The Morgan fingerprint density at radius 2 is 2.00 bits per heavy atom. The van der Waals surface area contributed by atoms with E-state index in [1.165, 1.54) is 0 Å². The monoisotopic (exact) mass is 359 g/mol. The Labute approximate surface area is 133 Å². The first kappa shape index (κ1) is 15.8. The molecule has 3 nitrogen and oxygen atoms in total. The first-order valence-electron chi connectivity index (χ1n) is 6.79. The van der Waals surface area contributed by atoms with E-state index in [2.05, 4.69) is 15.9 Å². The fraction of sp³-hybridized carbons (Fsp3) is 0.533. The zero-order valence-corrected chi connectivity index (χ0v) is 14.0. The van der Waals surface area contributed by atoms with Crippen LogP contribution in [0.4, 0.5) is 0 Å². The molecule has 1 heterocycles. The SMILES string of the molecule is CC1CN(C(=O)C(Br)Cc2ccccc2Cl)CC(C)O1. The second-order valence-electron chi connectivity index (χ2n) is 5.26. The van der Waals surface area contributed by atoms with Gasteiger partial charge in [-0.2, -0.15) is 0 Å². The summed E-state index contributed by atoms with van der Waals surface area (Å²) in [5.41, 5.74) is 0.985. The number of rotatable bonds is 3. The molecule has 5 heteroatoms. The Morgan fingerprint density at radius 1 is 1.40 bits per heavy atom. The van der Waals surface area contributed by atoms with Crippen LogP contribution >= 0.6 is 27.5 Å². The number of hydrogen-bond acceptors (Lipinski definition) is 2.